The maximum absolute atomic E-state index is 5.87. The van der Waals surface area contributed by atoms with E-state index in [0.717, 1.165) is 41.1 Å². The summed E-state index contributed by atoms with van der Waals surface area (Å²) in [6, 6.07) is 8.93. The molecule has 0 unspecified atom stereocenters. The topological polar surface area (TPSA) is 40.2 Å². The molecule has 2 heterocycles. The van der Waals surface area contributed by atoms with Crippen molar-refractivity contribution in [3.63, 3.8) is 0 Å². The molecular formula is C22H26BrNO4. The second kappa shape index (κ2) is 7.84. The van der Waals surface area contributed by atoms with Gasteiger partial charge in [0.1, 0.15) is 5.75 Å². The smallest absolute Gasteiger partial charge is 0.231 e. The highest BCUT2D eigenvalue weighted by Gasteiger charge is 2.38. The number of methoxy groups -OCH3 is 2. The van der Waals surface area contributed by atoms with E-state index in [0.29, 0.717) is 11.8 Å². The van der Waals surface area contributed by atoms with Crippen molar-refractivity contribution in [1.82, 2.24) is 4.90 Å². The number of benzene rings is 2. The Morgan fingerprint density at radius 3 is 2.46 bits per heavy atom. The molecule has 0 bridgehead atoms. The largest absolute Gasteiger partial charge is 0.497 e. The van der Waals surface area contributed by atoms with Crippen LogP contribution in [0.25, 0.3) is 0 Å². The third-order valence-electron chi connectivity index (χ3n) is 5.66. The monoisotopic (exact) mass is 447 g/mol. The van der Waals surface area contributed by atoms with Gasteiger partial charge in [-0.1, -0.05) is 12.1 Å². The van der Waals surface area contributed by atoms with Gasteiger partial charge in [0.05, 0.1) is 18.7 Å². The van der Waals surface area contributed by atoms with Crippen LogP contribution >= 0.6 is 15.9 Å². The van der Waals surface area contributed by atoms with E-state index < -0.39 is 0 Å². The van der Waals surface area contributed by atoms with Crippen molar-refractivity contribution in [3.8, 4) is 23.0 Å². The van der Waals surface area contributed by atoms with E-state index in [4.69, 9.17) is 18.9 Å². The molecule has 2 aliphatic rings. The molecule has 4 rings (SSSR count). The minimum Gasteiger partial charge on any atom is -0.497 e. The number of fused-ring (bicyclic) bond motifs is 2. The second-order valence-corrected chi connectivity index (χ2v) is 8.25. The zero-order valence-corrected chi connectivity index (χ0v) is 18.3. The normalized spacial score (nSPS) is 18.3. The lowest BCUT2D eigenvalue weighted by Gasteiger charge is -2.41. The lowest BCUT2D eigenvalue weighted by atomic mass is 9.86. The zero-order valence-electron chi connectivity index (χ0n) is 16.8. The van der Waals surface area contributed by atoms with Gasteiger partial charge in [0, 0.05) is 24.2 Å². The van der Waals surface area contributed by atoms with Crippen molar-refractivity contribution < 1.29 is 18.9 Å². The second-order valence-electron chi connectivity index (χ2n) is 7.45. The average molecular weight is 448 g/mol. The average Bonchev–Trinajstić information content (AvgIpc) is 3.19. The number of rotatable bonds is 5. The summed E-state index contributed by atoms with van der Waals surface area (Å²) in [6.45, 7) is 5.72. The van der Waals surface area contributed by atoms with E-state index in [2.05, 4.69) is 46.8 Å². The molecule has 0 N–H and O–H groups in total. The Morgan fingerprint density at radius 1 is 1.11 bits per heavy atom. The minimum absolute atomic E-state index is 0.192. The highest BCUT2D eigenvalue weighted by molar-refractivity contribution is 9.10. The Kier molecular flexibility index (Phi) is 5.43. The van der Waals surface area contributed by atoms with Gasteiger partial charge >= 0.3 is 0 Å². The molecule has 2 aliphatic heterocycles. The Morgan fingerprint density at radius 2 is 1.82 bits per heavy atom. The molecule has 5 nitrogen and oxygen atoms in total. The molecule has 6 heteroatoms. The van der Waals surface area contributed by atoms with Crippen LogP contribution in [0, 0.1) is 0 Å². The van der Waals surface area contributed by atoms with Gasteiger partial charge in [-0.05, 0) is 65.9 Å². The van der Waals surface area contributed by atoms with Gasteiger partial charge < -0.3 is 18.9 Å². The first-order valence-corrected chi connectivity index (χ1v) is 10.4. The Hall–Kier alpha value is -1.92. The molecular weight excluding hydrogens is 422 g/mol. The van der Waals surface area contributed by atoms with Crippen LogP contribution in [0.1, 0.15) is 36.6 Å². The maximum Gasteiger partial charge on any atom is 0.231 e. The summed E-state index contributed by atoms with van der Waals surface area (Å²) >= 11 is 3.77. The maximum atomic E-state index is 5.87. The first kappa shape index (κ1) is 19.4. The number of halogens is 1. The highest BCUT2D eigenvalue weighted by atomic mass is 79.9. The Labute approximate surface area is 174 Å². The van der Waals surface area contributed by atoms with E-state index in [9.17, 15) is 0 Å². The number of nitrogens with zero attached hydrogens (tertiary/aromatic N) is 1. The quantitative estimate of drug-likeness (QED) is 0.661. The molecule has 1 atom stereocenters. The third-order valence-corrected chi connectivity index (χ3v) is 6.50. The molecule has 0 spiro atoms. The van der Waals surface area contributed by atoms with Crippen molar-refractivity contribution in [2.24, 2.45) is 0 Å². The molecule has 2 aromatic rings. The molecule has 0 amide bonds. The molecule has 150 valence electrons. The first-order valence-electron chi connectivity index (χ1n) is 9.61. The fourth-order valence-electron chi connectivity index (χ4n) is 4.31. The molecule has 0 aromatic heterocycles. The van der Waals surface area contributed by atoms with E-state index in [1.807, 2.05) is 12.1 Å². The lowest BCUT2D eigenvalue weighted by Crippen LogP contribution is -2.41. The minimum atomic E-state index is 0.192. The lowest BCUT2D eigenvalue weighted by molar-refractivity contribution is 0.137. The van der Waals surface area contributed by atoms with Crippen LogP contribution in [-0.2, 0) is 12.8 Å². The highest BCUT2D eigenvalue weighted by Crippen LogP contribution is 2.54. The van der Waals surface area contributed by atoms with Crippen molar-refractivity contribution in [3.05, 3.63) is 45.4 Å². The van der Waals surface area contributed by atoms with Crippen LogP contribution in [-0.4, -0.2) is 38.5 Å². The predicted molar refractivity (Wildman–Crippen MR) is 112 cm³/mol. The SMILES string of the molecule is COc1ccc(C[C@@H]2c3c(c(Br)c4c(c3OC)OCO4)CCN2C(C)C)cc1. The standard InChI is InChI=1S/C22H26BrNO4/c1-13(2)24-10-9-16-18(17(24)11-14-5-7-15(25-3)8-6-14)20(26-4)22-21(19(16)23)27-12-28-22/h5-8,13,17H,9-12H2,1-4H3/t17-/m1/s1. The molecule has 0 fully saturated rings. The summed E-state index contributed by atoms with van der Waals surface area (Å²) in [4.78, 5) is 2.55. The van der Waals surface area contributed by atoms with Gasteiger partial charge in [0.15, 0.2) is 11.5 Å². The molecule has 2 aromatic carbocycles. The Bertz CT molecular complexity index is 866. The van der Waals surface area contributed by atoms with Crippen LogP contribution < -0.4 is 18.9 Å². The van der Waals surface area contributed by atoms with Crippen molar-refractivity contribution in [2.45, 2.75) is 38.8 Å². The predicted octanol–water partition coefficient (Wildman–Crippen LogP) is 4.75. The van der Waals surface area contributed by atoms with Gasteiger partial charge in [-0.15, -0.1) is 0 Å². The van der Waals surface area contributed by atoms with Gasteiger partial charge in [0.2, 0.25) is 12.5 Å². The van der Waals surface area contributed by atoms with Crippen LogP contribution in [0.5, 0.6) is 23.0 Å². The molecule has 0 saturated carbocycles. The van der Waals surface area contributed by atoms with Gasteiger partial charge in [-0.3, -0.25) is 4.90 Å². The van der Waals surface area contributed by atoms with Gasteiger partial charge in [-0.2, -0.15) is 0 Å². The van der Waals surface area contributed by atoms with Gasteiger partial charge in [-0.25, -0.2) is 0 Å². The van der Waals surface area contributed by atoms with Crippen molar-refractivity contribution in [2.75, 3.05) is 27.6 Å². The summed E-state index contributed by atoms with van der Waals surface area (Å²) < 4.78 is 23.7. The molecule has 0 radical (unpaired) electrons. The summed E-state index contributed by atoms with van der Waals surface area (Å²) in [7, 11) is 3.40. The van der Waals surface area contributed by atoms with E-state index in [1.165, 1.54) is 16.7 Å². The number of hydrogen-bond donors (Lipinski definition) is 0. The summed E-state index contributed by atoms with van der Waals surface area (Å²) in [5, 5.41) is 0. The molecule has 28 heavy (non-hydrogen) atoms. The van der Waals surface area contributed by atoms with Crippen LogP contribution in [0.4, 0.5) is 0 Å². The van der Waals surface area contributed by atoms with Crippen LogP contribution in [0.3, 0.4) is 0 Å². The van der Waals surface area contributed by atoms with E-state index >= 15 is 0 Å². The van der Waals surface area contributed by atoms with Crippen molar-refractivity contribution >= 4 is 15.9 Å². The fraction of sp³-hybridized carbons (Fsp3) is 0.455. The zero-order chi connectivity index (χ0) is 19.8. The van der Waals surface area contributed by atoms with E-state index in [-0.39, 0.29) is 12.8 Å². The Balaban J connectivity index is 1.82. The summed E-state index contributed by atoms with van der Waals surface area (Å²) in [5.74, 6) is 3.14. The van der Waals surface area contributed by atoms with Crippen LogP contribution in [0.15, 0.2) is 28.7 Å². The van der Waals surface area contributed by atoms with Crippen LogP contribution in [0.2, 0.25) is 0 Å². The van der Waals surface area contributed by atoms with Crippen molar-refractivity contribution in [1.29, 1.82) is 0 Å². The first-order chi connectivity index (χ1) is 13.5. The fourth-order valence-corrected chi connectivity index (χ4v) is 5.02. The summed E-state index contributed by atoms with van der Waals surface area (Å²) in [5.41, 5.74) is 3.73. The summed E-state index contributed by atoms with van der Waals surface area (Å²) in [6.07, 6.45) is 1.83. The number of ether oxygens (including phenoxy) is 4. The molecule has 0 aliphatic carbocycles. The third kappa shape index (κ3) is 3.22. The van der Waals surface area contributed by atoms with Gasteiger partial charge in [0.25, 0.3) is 0 Å². The molecule has 0 saturated heterocycles. The van der Waals surface area contributed by atoms with E-state index in [1.54, 1.807) is 14.2 Å². The number of hydrogen-bond acceptors (Lipinski definition) is 5.